The molecule has 0 radical (unpaired) electrons. The van der Waals surface area contributed by atoms with Crippen molar-refractivity contribution in [3.05, 3.63) is 52.5 Å². The molecule has 22 heavy (non-hydrogen) atoms. The van der Waals surface area contributed by atoms with Gasteiger partial charge in [-0.05, 0) is 48.0 Å². The minimum Gasteiger partial charge on any atom is -0.313 e. The van der Waals surface area contributed by atoms with E-state index in [1.165, 1.54) is 0 Å². The summed E-state index contributed by atoms with van der Waals surface area (Å²) in [6.07, 6.45) is 2.93. The van der Waals surface area contributed by atoms with Crippen molar-refractivity contribution in [2.24, 2.45) is 0 Å². The van der Waals surface area contributed by atoms with E-state index in [9.17, 15) is 8.42 Å². The number of fused-ring (bicyclic) bond motifs is 1. The van der Waals surface area contributed by atoms with Gasteiger partial charge in [-0.15, -0.1) is 0 Å². The van der Waals surface area contributed by atoms with Gasteiger partial charge in [0.1, 0.15) is 0 Å². The van der Waals surface area contributed by atoms with Crippen LogP contribution in [0.4, 0.5) is 0 Å². The highest BCUT2D eigenvalue weighted by Gasteiger charge is 2.15. The first-order valence-corrected chi connectivity index (χ1v) is 9.40. The van der Waals surface area contributed by atoms with E-state index in [0.717, 1.165) is 40.3 Å². The van der Waals surface area contributed by atoms with Crippen LogP contribution in [0.15, 0.2) is 57.4 Å². The first-order chi connectivity index (χ1) is 10.5. The molecule has 3 rings (SSSR count). The van der Waals surface area contributed by atoms with Crippen LogP contribution in [-0.4, -0.2) is 28.1 Å². The van der Waals surface area contributed by atoms with Crippen molar-refractivity contribution in [1.29, 1.82) is 0 Å². The summed E-state index contributed by atoms with van der Waals surface area (Å²) in [5.74, 6) is 0. The Bertz CT molecular complexity index is 831. The Labute approximate surface area is 138 Å². The molecule has 0 fully saturated rings. The molecule has 2 N–H and O–H groups in total. The fourth-order valence-electron chi connectivity index (χ4n) is 2.46. The van der Waals surface area contributed by atoms with E-state index in [1.54, 1.807) is 12.1 Å². The first kappa shape index (κ1) is 15.7. The third kappa shape index (κ3) is 3.57. The maximum absolute atomic E-state index is 12.4. The predicted molar refractivity (Wildman–Crippen MR) is 92.4 cm³/mol. The van der Waals surface area contributed by atoms with Gasteiger partial charge in [-0.25, -0.2) is 13.1 Å². The van der Waals surface area contributed by atoms with Gasteiger partial charge < -0.3 is 5.32 Å². The van der Waals surface area contributed by atoms with Crippen molar-refractivity contribution in [2.75, 3.05) is 19.6 Å². The van der Waals surface area contributed by atoms with Gasteiger partial charge in [-0.3, -0.25) is 0 Å². The second kappa shape index (κ2) is 6.50. The van der Waals surface area contributed by atoms with Gasteiger partial charge in [0.15, 0.2) is 0 Å². The van der Waals surface area contributed by atoms with Crippen LogP contribution in [0.1, 0.15) is 6.42 Å². The molecule has 0 spiro atoms. The molecule has 0 atom stereocenters. The molecular weight excluding hydrogens is 364 g/mol. The van der Waals surface area contributed by atoms with Gasteiger partial charge in [0.2, 0.25) is 10.0 Å². The first-order valence-electron chi connectivity index (χ1n) is 7.12. The van der Waals surface area contributed by atoms with Gasteiger partial charge in [0.25, 0.3) is 0 Å². The quantitative estimate of drug-likeness (QED) is 0.801. The average molecular weight is 381 g/mol. The molecule has 0 aliphatic carbocycles. The zero-order valence-electron chi connectivity index (χ0n) is 12.0. The number of hydrogen-bond donors (Lipinski definition) is 2. The Morgan fingerprint density at radius 1 is 1.14 bits per heavy atom. The van der Waals surface area contributed by atoms with Gasteiger partial charge in [0, 0.05) is 17.6 Å². The topological polar surface area (TPSA) is 58.2 Å². The molecule has 1 heterocycles. The summed E-state index contributed by atoms with van der Waals surface area (Å²) in [7, 11) is -3.48. The van der Waals surface area contributed by atoms with Crippen LogP contribution < -0.4 is 10.0 Å². The maximum atomic E-state index is 12.4. The molecule has 116 valence electrons. The van der Waals surface area contributed by atoms with Gasteiger partial charge >= 0.3 is 0 Å². The lowest BCUT2D eigenvalue weighted by atomic mass is 10.1. The van der Waals surface area contributed by atoms with Gasteiger partial charge in [0.05, 0.1) is 4.90 Å². The molecular formula is C16H17BrN2O2S. The highest BCUT2D eigenvalue weighted by atomic mass is 79.9. The standard InChI is InChI=1S/C16H17BrN2O2S/c17-15-3-1-14-10-16(4-2-13(14)9-15)22(20,21)19-11-12-5-7-18-8-6-12/h1-5,9-10,18-19H,6-8,11H2. The van der Waals surface area contributed by atoms with E-state index in [0.29, 0.717) is 11.4 Å². The molecule has 0 saturated heterocycles. The van der Waals surface area contributed by atoms with Gasteiger partial charge in [-0.1, -0.05) is 39.7 Å². The van der Waals surface area contributed by atoms with Crippen molar-refractivity contribution in [2.45, 2.75) is 11.3 Å². The van der Waals surface area contributed by atoms with E-state index in [4.69, 9.17) is 0 Å². The molecule has 0 bridgehead atoms. The summed E-state index contributed by atoms with van der Waals surface area (Å²) in [5, 5.41) is 5.13. The normalized spacial score (nSPS) is 15.8. The van der Waals surface area contributed by atoms with Crippen molar-refractivity contribution in [3.8, 4) is 0 Å². The Hall–Kier alpha value is -1.21. The molecule has 1 aliphatic rings. The number of sulfonamides is 1. The molecule has 0 aromatic heterocycles. The summed E-state index contributed by atoms with van der Waals surface area (Å²) in [6, 6.07) is 11.0. The number of halogens is 1. The molecule has 4 nitrogen and oxygen atoms in total. The zero-order valence-corrected chi connectivity index (χ0v) is 14.4. The van der Waals surface area contributed by atoms with E-state index in [-0.39, 0.29) is 0 Å². The van der Waals surface area contributed by atoms with Gasteiger partial charge in [-0.2, -0.15) is 0 Å². The highest BCUT2D eigenvalue weighted by molar-refractivity contribution is 9.10. The smallest absolute Gasteiger partial charge is 0.240 e. The number of benzene rings is 2. The fourth-order valence-corrected chi connectivity index (χ4v) is 3.91. The van der Waals surface area contributed by atoms with E-state index in [2.05, 4.69) is 26.0 Å². The predicted octanol–water partition coefficient (Wildman–Crippen LogP) is 2.80. The zero-order chi connectivity index (χ0) is 15.6. The van der Waals surface area contributed by atoms with E-state index < -0.39 is 10.0 Å². The molecule has 6 heteroatoms. The molecule has 2 aromatic carbocycles. The van der Waals surface area contributed by atoms with Crippen molar-refractivity contribution < 1.29 is 8.42 Å². The fraction of sp³-hybridized carbons (Fsp3) is 0.250. The van der Waals surface area contributed by atoms with Crippen LogP contribution in [0.2, 0.25) is 0 Å². The third-order valence-corrected chi connectivity index (χ3v) is 5.62. The average Bonchev–Trinajstić information content (AvgIpc) is 2.53. The molecule has 1 aliphatic heterocycles. The summed E-state index contributed by atoms with van der Waals surface area (Å²) in [4.78, 5) is 0.303. The van der Waals surface area contributed by atoms with Crippen LogP contribution in [0.25, 0.3) is 10.8 Å². The Kier molecular flexibility index (Phi) is 4.63. The monoisotopic (exact) mass is 380 g/mol. The largest absolute Gasteiger partial charge is 0.313 e. The third-order valence-electron chi connectivity index (χ3n) is 3.73. The Morgan fingerprint density at radius 2 is 1.91 bits per heavy atom. The lowest BCUT2D eigenvalue weighted by molar-refractivity contribution is 0.582. The highest BCUT2D eigenvalue weighted by Crippen LogP contribution is 2.23. The summed E-state index contributed by atoms with van der Waals surface area (Å²) in [5.41, 5.74) is 1.13. The van der Waals surface area contributed by atoms with Crippen molar-refractivity contribution in [1.82, 2.24) is 10.0 Å². The summed E-state index contributed by atoms with van der Waals surface area (Å²) < 4.78 is 28.5. The number of rotatable bonds is 4. The van der Waals surface area contributed by atoms with Crippen LogP contribution >= 0.6 is 15.9 Å². The van der Waals surface area contributed by atoms with Crippen LogP contribution in [0.3, 0.4) is 0 Å². The van der Waals surface area contributed by atoms with Crippen LogP contribution in [0.5, 0.6) is 0 Å². The molecule has 2 aromatic rings. The second-order valence-electron chi connectivity index (χ2n) is 5.29. The minimum atomic E-state index is -3.48. The molecule has 0 amide bonds. The Balaban J connectivity index is 1.82. The number of hydrogen-bond acceptors (Lipinski definition) is 3. The van der Waals surface area contributed by atoms with Crippen LogP contribution in [0, 0.1) is 0 Å². The molecule has 0 saturated carbocycles. The van der Waals surface area contributed by atoms with Crippen molar-refractivity contribution in [3.63, 3.8) is 0 Å². The summed E-state index contributed by atoms with van der Waals surface area (Å²) in [6.45, 7) is 2.09. The lowest BCUT2D eigenvalue weighted by Gasteiger charge is -2.15. The van der Waals surface area contributed by atoms with Crippen LogP contribution in [-0.2, 0) is 10.0 Å². The Morgan fingerprint density at radius 3 is 2.68 bits per heavy atom. The molecule has 0 unspecified atom stereocenters. The summed E-state index contributed by atoms with van der Waals surface area (Å²) >= 11 is 3.42. The lowest BCUT2D eigenvalue weighted by Crippen LogP contribution is -2.29. The minimum absolute atomic E-state index is 0.303. The van der Waals surface area contributed by atoms with E-state index in [1.807, 2.05) is 30.3 Å². The SMILES string of the molecule is O=S(=O)(NCC1=CCNCC1)c1ccc2cc(Br)ccc2c1. The van der Waals surface area contributed by atoms with Crippen molar-refractivity contribution >= 4 is 36.7 Å². The second-order valence-corrected chi connectivity index (χ2v) is 7.98. The van der Waals surface area contributed by atoms with E-state index >= 15 is 0 Å². The maximum Gasteiger partial charge on any atom is 0.240 e. The number of nitrogens with one attached hydrogen (secondary N) is 2.